The molecule has 0 aliphatic carbocycles. The van der Waals surface area contributed by atoms with Crippen LogP contribution in [0.3, 0.4) is 0 Å². The lowest BCUT2D eigenvalue weighted by Crippen LogP contribution is -2.39. The Morgan fingerprint density at radius 3 is 2.00 bits per heavy atom. The smallest absolute Gasteiger partial charge is 0.237 e. The molecule has 2 aromatic heterocycles. The Balaban J connectivity index is 1.54. The first-order valence-corrected chi connectivity index (χ1v) is 10.7. The number of fused-ring (bicyclic) bond motifs is 2. The third kappa shape index (κ3) is 4.35. The topological polar surface area (TPSA) is 124 Å². The normalized spacial score (nSPS) is 11.6. The number of rotatable bonds is 5. The highest BCUT2D eigenvalue weighted by molar-refractivity contribution is 6.11. The van der Waals surface area contributed by atoms with E-state index in [0.717, 1.165) is 38.8 Å². The summed E-state index contributed by atoms with van der Waals surface area (Å²) in [6.45, 7) is 7.02. The van der Waals surface area contributed by atoms with Crippen molar-refractivity contribution in [2.24, 2.45) is 5.41 Å². The minimum atomic E-state index is -1.24. The Bertz CT molecular complexity index is 1320. The van der Waals surface area contributed by atoms with Crippen LogP contribution in [0.5, 0.6) is 0 Å². The van der Waals surface area contributed by atoms with Crippen LogP contribution >= 0.6 is 0 Å². The Morgan fingerprint density at radius 2 is 1.39 bits per heavy atom. The van der Waals surface area contributed by atoms with Gasteiger partial charge in [-0.2, -0.15) is 0 Å². The summed E-state index contributed by atoms with van der Waals surface area (Å²) in [5.41, 5.74) is 16.7. The highest BCUT2D eigenvalue weighted by atomic mass is 16.2. The maximum absolute atomic E-state index is 13.1. The van der Waals surface area contributed by atoms with Crippen LogP contribution in [-0.4, -0.2) is 21.7 Å². The first-order valence-electron chi connectivity index (χ1n) is 10.7. The van der Waals surface area contributed by atoms with Gasteiger partial charge in [-0.05, 0) is 75.7 Å². The standard InChI is InChI=1S/C26H27N5O2/c1-14-9-20(27)18-11-16(5-7-22(18)29-14)12-24(32)26(3,4)25(33)31-17-6-8-23-19(13-17)21(28)10-15(2)30-23/h5-11,13H,12H2,1-4H3,(H2,27,29)(H2,28,30)(H,31,33). The maximum Gasteiger partial charge on any atom is 0.237 e. The van der Waals surface area contributed by atoms with E-state index >= 15 is 0 Å². The molecule has 2 aromatic carbocycles. The number of ketones is 1. The molecule has 0 aliphatic heterocycles. The summed E-state index contributed by atoms with van der Waals surface area (Å²) < 4.78 is 0. The maximum atomic E-state index is 13.1. The van der Waals surface area contributed by atoms with E-state index in [1.54, 1.807) is 44.2 Å². The fraction of sp³-hybridized carbons (Fsp3) is 0.231. The molecule has 168 valence electrons. The van der Waals surface area contributed by atoms with E-state index in [-0.39, 0.29) is 18.1 Å². The number of aromatic nitrogens is 2. The van der Waals surface area contributed by atoms with Crippen molar-refractivity contribution in [2.45, 2.75) is 34.1 Å². The molecular weight excluding hydrogens is 414 g/mol. The Kier molecular flexibility index (Phi) is 5.49. The molecule has 0 aliphatic rings. The average molecular weight is 442 g/mol. The van der Waals surface area contributed by atoms with Crippen LogP contribution in [0.1, 0.15) is 30.8 Å². The van der Waals surface area contributed by atoms with Crippen molar-refractivity contribution in [3.05, 3.63) is 65.5 Å². The average Bonchev–Trinajstić information content (AvgIpc) is 2.74. The van der Waals surface area contributed by atoms with Crippen LogP contribution in [0, 0.1) is 19.3 Å². The zero-order valence-corrected chi connectivity index (χ0v) is 19.2. The lowest BCUT2D eigenvalue weighted by Gasteiger charge is -2.22. The second-order valence-electron chi connectivity index (χ2n) is 8.97. The molecule has 0 saturated heterocycles. The largest absolute Gasteiger partial charge is 0.398 e. The van der Waals surface area contributed by atoms with E-state index in [1.807, 2.05) is 32.0 Å². The molecule has 0 atom stereocenters. The van der Waals surface area contributed by atoms with E-state index in [2.05, 4.69) is 15.3 Å². The first-order chi connectivity index (χ1) is 15.5. The van der Waals surface area contributed by atoms with Gasteiger partial charge in [0.2, 0.25) is 5.91 Å². The fourth-order valence-corrected chi connectivity index (χ4v) is 3.83. The molecule has 0 saturated carbocycles. The monoisotopic (exact) mass is 441 g/mol. The Morgan fingerprint density at radius 1 is 0.848 bits per heavy atom. The van der Waals surface area contributed by atoms with Crippen LogP contribution in [-0.2, 0) is 16.0 Å². The van der Waals surface area contributed by atoms with Crippen molar-refractivity contribution >= 4 is 50.6 Å². The van der Waals surface area contributed by atoms with Crippen molar-refractivity contribution in [2.75, 3.05) is 16.8 Å². The predicted octanol–water partition coefficient (Wildman–Crippen LogP) is 4.34. The number of nitrogens with two attached hydrogens (primary N) is 2. The van der Waals surface area contributed by atoms with Gasteiger partial charge in [0.1, 0.15) is 5.41 Å². The van der Waals surface area contributed by atoms with Crippen molar-refractivity contribution in [3.63, 3.8) is 0 Å². The van der Waals surface area contributed by atoms with Gasteiger partial charge < -0.3 is 16.8 Å². The number of carbonyl (C=O) groups is 2. The van der Waals surface area contributed by atoms with Gasteiger partial charge in [0.25, 0.3) is 0 Å². The molecule has 4 rings (SSSR count). The van der Waals surface area contributed by atoms with E-state index < -0.39 is 5.41 Å². The third-order valence-electron chi connectivity index (χ3n) is 5.89. The van der Waals surface area contributed by atoms with Gasteiger partial charge in [0, 0.05) is 45.6 Å². The summed E-state index contributed by atoms with van der Waals surface area (Å²) in [4.78, 5) is 35.1. The lowest BCUT2D eigenvalue weighted by atomic mass is 9.83. The van der Waals surface area contributed by atoms with Gasteiger partial charge >= 0.3 is 0 Å². The predicted molar refractivity (Wildman–Crippen MR) is 133 cm³/mol. The summed E-state index contributed by atoms with van der Waals surface area (Å²) >= 11 is 0. The molecular formula is C26H27N5O2. The van der Waals surface area contributed by atoms with Crippen LogP contribution < -0.4 is 16.8 Å². The van der Waals surface area contributed by atoms with Crippen LogP contribution in [0.15, 0.2) is 48.5 Å². The highest BCUT2D eigenvalue weighted by Gasteiger charge is 2.35. The number of amides is 1. The van der Waals surface area contributed by atoms with Crippen LogP contribution in [0.25, 0.3) is 21.8 Å². The van der Waals surface area contributed by atoms with E-state index in [9.17, 15) is 9.59 Å². The second kappa shape index (κ2) is 8.16. The SMILES string of the molecule is Cc1cc(N)c2cc(CC(=O)C(C)(C)C(=O)Nc3ccc4nc(C)cc(N)c4c3)ccc2n1. The van der Waals surface area contributed by atoms with Crippen LogP contribution in [0.4, 0.5) is 17.1 Å². The zero-order valence-electron chi connectivity index (χ0n) is 19.2. The number of nitrogens with one attached hydrogen (secondary N) is 1. The van der Waals surface area contributed by atoms with Crippen molar-refractivity contribution < 1.29 is 9.59 Å². The molecule has 0 unspecified atom stereocenters. The van der Waals surface area contributed by atoms with Gasteiger partial charge in [-0.15, -0.1) is 0 Å². The number of Topliss-reactive ketones (excluding diaryl/α,β-unsaturated/α-hetero) is 1. The minimum Gasteiger partial charge on any atom is -0.398 e. The molecule has 0 spiro atoms. The van der Waals surface area contributed by atoms with E-state index in [1.165, 1.54) is 0 Å². The first kappa shape index (κ1) is 22.2. The zero-order chi connectivity index (χ0) is 23.9. The molecule has 0 radical (unpaired) electrons. The third-order valence-corrected chi connectivity index (χ3v) is 5.89. The molecule has 33 heavy (non-hydrogen) atoms. The van der Waals surface area contributed by atoms with Crippen molar-refractivity contribution in [1.82, 2.24) is 9.97 Å². The summed E-state index contributed by atoms with van der Waals surface area (Å²) in [5, 5.41) is 4.40. The fourth-order valence-electron chi connectivity index (χ4n) is 3.83. The summed E-state index contributed by atoms with van der Waals surface area (Å²) in [6.07, 6.45) is 0.109. The number of hydrogen-bond donors (Lipinski definition) is 3. The Hall–Kier alpha value is -4.00. The molecule has 7 heteroatoms. The molecule has 0 bridgehead atoms. The number of carbonyl (C=O) groups excluding carboxylic acids is 2. The molecule has 2 heterocycles. The molecule has 5 N–H and O–H groups in total. The summed E-state index contributed by atoms with van der Waals surface area (Å²) in [6, 6.07) is 14.5. The van der Waals surface area contributed by atoms with Crippen LogP contribution in [0.2, 0.25) is 0 Å². The lowest BCUT2D eigenvalue weighted by molar-refractivity contribution is -0.136. The van der Waals surface area contributed by atoms with Gasteiger partial charge in [-0.25, -0.2) is 0 Å². The molecule has 1 amide bonds. The second-order valence-corrected chi connectivity index (χ2v) is 8.97. The number of nitrogen functional groups attached to an aromatic ring is 2. The number of anilines is 3. The van der Waals surface area contributed by atoms with Crippen molar-refractivity contribution in [3.8, 4) is 0 Å². The number of benzene rings is 2. The van der Waals surface area contributed by atoms with Gasteiger partial charge in [-0.1, -0.05) is 6.07 Å². The van der Waals surface area contributed by atoms with E-state index in [0.29, 0.717) is 17.1 Å². The highest BCUT2D eigenvalue weighted by Crippen LogP contribution is 2.28. The molecule has 7 nitrogen and oxygen atoms in total. The minimum absolute atomic E-state index is 0.109. The summed E-state index contributed by atoms with van der Waals surface area (Å²) in [7, 11) is 0. The molecule has 4 aromatic rings. The number of nitrogens with zero attached hydrogens (tertiary/aromatic N) is 2. The van der Waals surface area contributed by atoms with Crippen molar-refractivity contribution in [1.29, 1.82) is 0 Å². The van der Waals surface area contributed by atoms with Gasteiger partial charge in [-0.3, -0.25) is 19.6 Å². The number of pyridine rings is 2. The molecule has 0 fully saturated rings. The quantitative estimate of drug-likeness (QED) is 0.396. The van der Waals surface area contributed by atoms with Gasteiger partial charge in [0.15, 0.2) is 5.78 Å². The Labute approximate surface area is 192 Å². The summed E-state index contributed by atoms with van der Waals surface area (Å²) in [5.74, 6) is -0.585. The van der Waals surface area contributed by atoms with Gasteiger partial charge in [0.05, 0.1) is 11.0 Å². The number of hydrogen-bond acceptors (Lipinski definition) is 6. The van der Waals surface area contributed by atoms with E-state index in [4.69, 9.17) is 11.5 Å². The number of aryl methyl sites for hydroxylation is 2.